The van der Waals surface area contributed by atoms with E-state index in [-0.39, 0.29) is 0 Å². The second kappa shape index (κ2) is 5.48. The maximum absolute atomic E-state index is 4.52. The van der Waals surface area contributed by atoms with Gasteiger partial charge in [-0.05, 0) is 25.5 Å². The molecule has 0 unspecified atom stereocenters. The molecule has 0 atom stereocenters. The minimum absolute atomic E-state index is 0.501. The fraction of sp³-hybridized carbons (Fsp3) is 0.909. The van der Waals surface area contributed by atoms with Gasteiger partial charge < -0.3 is 5.32 Å². The summed E-state index contributed by atoms with van der Waals surface area (Å²) in [4.78, 5) is 4.52. The molecule has 1 aliphatic carbocycles. The monoisotopic (exact) mass is 244 g/mol. The van der Waals surface area contributed by atoms with Gasteiger partial charge in [0, 0.05) is 23.6 Å². The number of nitrogens with zero attached hydrogens (tertiary/aromatic N) is 1. The predicted molar refractivity (Wildman–Crippen MR) is 72.1 cm³/mol. The van der Waals surface area contributed by atoms with E-state index < -0.39 is 0 Å². The van der Waals surface area contributed by atoms with Crippen molar-refractivity contribution in [1.82, 2.24) is 5.32 Å². The predicted octanol–water partition coefficient (Wildman–Crippen LogP) is 2.74. The van der Waals surface area contributed by atoms with Crippen LogP contribution in [0.5, 0.6) is 0 Å². The third kappa shape index (κ3) is 3.06. The minimum atomic E-state index is 0.501. The van der Waals surface area contributed by atoms with Crippen molar-refractivity contribution in [3.8, 4) is 0 Å². The zero-order valence-corrected chi connectivity index (χ0v) is 11.1. The summed E-state index contributed by atoms with van der Waals surface area (Å²) in [5.41, 5.74) is 0. The lowest BCUT2D eigenvalue weighted by Gasteiger charge is -2.28. The van der Waals surface area contributed by atoms with Crippen molar-refractivity contribution < 1.29 is 0 Å². The molecule has 1 fully saturated rings. The molecular weight excluding hydrogens is 224 g/mol. The summed E-state index contributed by atoms with van der Waals surface area (Å²) in [7, 11) is 0. The lowest BCUT2D eigenvalue weighted by molar-refractivity contribution is 0.592. The largest absolute Gasteiger partial charge is 0.364 e. The first-order valence-electron chi connectivity index (χ1n) is 5.81. The van der Waals surface area contributed by atoms with E-state index in [9.17, 15) is 0 Å². The van der Waals surface area contributed by atoms with Gasteiger partial charge in [0.2, 0.25) is 0 Å². The highest BCUT2D eigenvalue weighted by Crippen LogP contribution is 2.39. The number of amidine groups is 1. The molecule has 2 nitrogen and oxygen atoms in total. The third-order valence-corrected chi connectivity index (χ3v) is 5.76. The molecule has 0 aromatic heterocycles. The molecule has 4 heteroatoms. The standard InChI is InChI=1S/C11H20N2S2/c1-14-11(5-2-3-6-11)9-13-10-12-7-4-8-15-10/h2-9H2,1H3,(H,12,13). The summed E-state index contributed by atoms with van der Waals surface area (Å²) in [6.07, 6.45) is 9.05. The summed E-state index contributed by atoms with van der Waals surface area (Å²) in [5, 5.41) is 4.73. The Balaban J connectivity index is 1.82. The Kier molecular flexibility index (Phi) is 4.26. The van der Waals surface area contributed by atoms with Crippen molar-refractivity contribution in [2.45, 2.75) is 36.9 Å². The smallest absolute Gasteiger partial charge is 0.156 e. The molecule has 0 bridgehead atoms. The minimum Gasteiger partial charge on any atom is -0.364 e. The zero-order chi connectivity index (χ0) is 10.6. The van der Waals surface area contributed by atoms with Crippen LogP contribution in [0.3, 0.4) is 0 Å². The van der Waals surface area contributed by atoms with Crippen LogP contribution < -0.4 is 5.32 Å². The maximum Gasteiger partial charge on any atom is 0.156 e. The van der Waals surface area contributed by atoms with E-state index in [0.717, 1.165) is 13.1 Å². The molecule has 0 radical (unpaired) electrons. The fourth-order valence-corrected chi connectivity index (χ4v) is 4.01. The zero-order valence-electron chi connectivity index (χ0n) is 9.42. The quantitative estimate of drug-likeness (QED) is 0.826. The van der Waals surface area contributed by atoms with Crippen molar-refractivity contribution in [2.24, 2.45) is 4.99 Å². The normalized spacial score (nSPS) is 25.0. The van der Waals surface area contributed by atoms with Crippen LogP contribution in [0, 0.1) is 0 Å². The molecule has 1 heterocycles. The van der Waals surface area contributed by atoms with Crippen LogP contribution in [0.4, 0.5) is 0 Å². The Labute approximate surface area is 101 Å². The summed E-state index contributed by atoms with van der Waals surface area (Å²) in [6.45, 7) is 2.13. The Hall–Kier alpha value is 0.170. The van der Waals surface area contributed by atoms with Gasteiger partial charge in [0.25, 0.3) is 0 Å². The van der Waals surface area contributed by atoms with Crippen LogP contribution in [0.2, 0.25) is 0 Å². The molecule has 1 saturated carbocycles. The molecule has 1 aliphatic heterocycles. The first-order chi connectivity index (χ1) is 7.35. The van der Waals surface area contributed by atoms with Gasteiger partial charge >= 0.3 is 0 Å². The van der Waals surface area contributed by atoms with Gasteiger partial charge in [-0.3, -0.25) is 4.99 Å². The molecule has 0 aromatic rings. The van der Waals surface area contributed by atoms with E-state index in [2.05, 4.69) is 16.6 Å². The van der Waals surface area contributed by atoms with Crippen molar-refractivity contribution >= 4 is 28.7 Å². The number of nitrogens with one attached hydrogen (secondary N) is 1. The number of thioether (sulfide) groups is 2. The van der Waals surface area contributed by atoms with Crippen LogP contribution in [-0.4, -0.2) is 35.0 Å². The van der Waals surface area contributed by atoms with Crippen LogP contribution in [0.1, 0.15) is 32.1 Å². The van der Waals surface area contributed by atoms with Crippen molar-refractivity contribution in [3.05, 3.63) is 0 Å². The molecule has 2 aliphatic rings. The van der Waals surface area contributed by atoms with Crippen LogP contribution in [0.15, 0.2) is 4.99 Å². The van der Waals surface area contributed by atoms with Gasteiger partial charge in [-0.2, -0.15) is 11.8 Å². The maximum atomic E-state index is 4.52. The highest BCUT2D eigenvalue weighted by molar-refractivity contribution is 8.13. The molecule has 0 saturated heterocycles. The SMILES string of the molecule is CSC1(CNC2=NCCCS2)CCCC1. The first-order valence-corrected chi connectivity index (χ1v) is 8.02. The molecule has 15 heavy (non-hydrogen) atoms. The molecular formula is C11H20N2S2. The molecule has 0 spiro atoms. The van der Waals surface area contributed by atoms with Crippen LogP contribution in [0.25, 0.3) is 0 Å². The Morgan fingerprint density at radius 3 is 2.80 bits per heavy atom. The molecule has 2 rings (SSSR count). The average Bonchev–Trinajstić information content (AvgIpc) is 2.77. The van der Waals surface area contributed by atoms with E-state index in [1.54, 1.807) is 0 Å². The van der Waals surface area contributed by atoms with E-state index in [1.807, 2.05) is 23.5 Å². The van der Waals surface area contributed by atoms with Gasteiger partial charge in [-0.15, -0.1) is 0 Å². The Morgan fingerprint density at radius 1 is 1.40 bits per heavy atom. The number of hydrogen-bond donors (Lipinski definition) is 1. The van der Waals surface area contributed by atoms with E-state index >= 15 is 0 Å². The summed E-state index contributed by atoms with van der Waals surface area (Å²) in [6, 6.07) is 0. The fourth-order valence-electron chi connectivity index (χ4n) is 2.28. The topological polar surface area (TPSA) is 24.4 Å². The van der Waals surface area contributed by atoms with Crippen LogP contribution in [-0.2, 0) is 0 Å². The average molecular weight is 244 g/mol. The lowest BCUT2D eigenvalue weighted by Crippen LogP contribution is -2.38. The van der Waals surface area contributed by atoms with Crippen LogP contribution >= 0.6 is 23.5 Å². The van der Waals surface area contributed by atoms with E-state index in [0.29, 0.717) is 4.75 Å². The first kappa shape index (κ1) is 11.6. The van der Waals surface area contributed by atoms with E-state index in [4.69, 9.17) is 0 Å². The summed E-state index contributed by atoms with van der Waals surface area (Å²) < 4.78 is 0.501. The number of rotatable bonds is 3. The van der Waals surface area contributed by atoms with Crippen molar-refractivity contribution in [3.63, 3.8) is 0 Å². The molecule has 0 aromatic carbocycles. The molecule has 1 N–H and O–H groups in total. The summed E-state index contributed by atoms with van der Waals surface area (Å²) in [5.74, 6) is 1.23. The number of aliphatic imine (C=N–C) groups is 1. The van der Waals surface area contributed by atoms with Gasteiger partial charge in [-0.25, -0.2) is 0 Å². The summed E-state index contributed by atoms with van der Waals surface area (Å²) >= 11 is 3.93. The second-order valence-electron chi connectivity index (χ2n) is 4.34. The highest BCUT2D eigenvalue weighted by atomic mass is 32.2. The van der Waals surface area contributed by atoms with E-state index in [1.165, 1.54) is 43.0 Å². The Bertz CT molecular complexity index is 235. The lowest BCUT2D eigenvalue weighted by atomic mass is 10.1. The highest BCUT2D eigenvalue weighted by Gasteiger charge is 2.32. The second-order valence-corrected chi connectivity index (χ2v) is 6.69. The number of hydrogen-bond acceptors (Lipinski definition) is 4. The van der Waals surface area contributed by atoms with Gasteiger partial charge in [0.1, 0.15) is 0 Å². The Morgan fingerprint density at radius 2 is 2.20 bits per heavy atom. The molecule has 86 valence electrons. The van der Waals surface area contributed by atoms with Crippen molar-refractivity contribution in [1.29, 1.82) is 0 Å². The van der Waals surface area contributed by atoms with Gasteiger partial charge in [-0.1, -0.05) is 24.6 Å². The van der Waals surface area contributed by atoms with Crippen molar-refractivity contribution in [2.75, 3.05) is 25.1 Å². The molecule has 0 amide bonds. The van der Waals surface area contributed by atoms with Gasteiger partial charge in [0.15, 0.2) is 5.17 Å². The van der Waals surface area contributed by atoms with Gasteiger partial charge in [0.05, 0.1) is 0 Å². The third-order valence-electron chi connectivity index (χ3n) is 3.31.